The van der Waals surface area contributed by atoms with Crippen LogP contribution in [0.1, 0.15) is 27.4 Å². The molecule has 7 nitrogen and oxygen atoms in total. The first-order valence-corrected chi connectivity index (χ1v) is 10.5. The number of carbonyl (C=O) groups excluding carboxylic acids is 1. The van der Waals surface area contributed by atoms with Gasteiger partial charge in [0.15, 0.2) is 23.0 Å². The first-order chi connectivity index (χ1) is 14.6. The number of fused-ring (bicyclic) bond motifs is 3. The van der Waals surface area contributed by atoms with Crippen molar-refractivity contribution in [2.24, 2.45) is 11.8 Å². The number of cyclic esters (lactones) is 1. The number of esters is 1. The van der Waals surface area contributed by atoms with Crippen LogP contribution in [0.5, 0.6) is 28.7 Å². The smallest absolute Gasteiger partial charge is 0.310 e. The number of hydrogen-bond acceptors (Lipinski definition) is 7. The minimum atomic E-state index is -0.343. The largest absolute Gasteiger partial charge is 0.493 e. The third-order valence-corrected chi connectivity index (χ3v) is 7.32. The van der Waals surface area contributed by atoms with Crippen molar-refractivity contribution in [2.75, 3.05) is 34.7 Å². The van der Waals surface area contributed by atoms with E-state index in [1.807, 2.05) is 24.3 Å². The Morgan fingerprint density at radius 2 is 1.53 bits per heavy atom. The number of benzene rings is 2. The van der Waals surface area contributed by atoms with Crippen molar-refractivity contribution in [1.82, 2.24) is 0 Å². The van der Waals surface area contributed by atoms with Gasteiger partial charge in [-0.1, -0.05) is 15.9 Å². The highest BCUT2D eigenvalue weighted by Crippen LogP contribution is 2.57. The molecule has 158 valence electrons. The molecule has 30 heavy (non-hydrogen) atoms. The van der Waals surface area contributed by atoms with E-state index < -0.39 is 0 Å². The fourth-order valence-electron chi connectivity index (χ4n) is 4.78. The van der Waals surface area contributed by atoms with Crippen LogP contribution in [-0.2, 0) is 9.53 Å². The average molecular weight is 477 g/mol. The van der Waals surface area contributed by atoms with Crippen molar-refractivity contribution in [3.63, 3.8) is 0 Å². The molecule has 2 aliphatic heterocycles. The fourth-order valence-corrected chi connectivity index (χ4v) is 5.65. The van der Waals surface area contributed by atoms with Gasteiger partial charge in [-0.2, -0.15) is 0 Å². The van der Waals surface area contributed by atoms with Crippen LogP contribution in [0.2, 0.25) is 0 Å². The normalized spacial score (nSPS) is 25.9. The topological polar surface area (TPSA) is 72.5 Å². The highest BCUT2D eigenvalue weighted by Gasteiger charge is 2.52. The summed E-state index contributed by atoms with van der Waals surface area (Å²) in [7, 11) is 4.72. The average Bonchev–Trinajstić information content (AvgIpc) is 3.38. The van der Waals surface area contributed by atoms with Gasteiger partial charge in [-0.15, -0.1) is 0 Å². The number of halogens is 1. The van der Waals surface area contributed by atoms with Crippen LogP contribution >= 0.6 is 15.9 Å². The van der Waals surface area contributed by atoms with Crippen LogP contribution in [0, 0.1) is 11.8 Å². The molecule has 4 atom stereocenters. The molecule has 2 aromatic carbocycles. The van der Waals surface area contributed by atoms with E-state index in [1.165, 1.54) is 0 Å². The third-order valence-electron chi connectivity index (χ3n) is 6.14. The Hall–Kier alpha value is -2.61. The van der Waals surface area contributed by atoms with Gasteiger partial charge in [-0.3, -0.25) is 4.79 Å². The Kier molecular flexibility index (Phi) is 4.69. The van der Waals surface area contributed by atoms with Gasteiger partial charge >= 0.3 is 5.97 Å². The number of carbonyl (C=O) groups is 1. The molecule has 5 rings (SSSR count). The summed E-state index contributed by atoms with van der Waals surface area (Å²) in [6, 6.07) is 7.78. The van der Waals surface area contributed by atoms with E-state index >= 15 is 0 Å². The van der Waals surface area contributed by atoms with Gasteiger partial charge in [-0.05, 0) is 41.0 Å². The molecule has 0 aromatic heterocycles. The van der Waals surface area contributed by atoms with E-state index in [1.54, 1.807) is 21.3 Å². The van der Waals surface area contributed by atoms with Crippen molar-refractivity contribution >= 4 is 21.9 Å². The Balaban J connectivity index is 1.74. The molecular formula is C22H21BrO7. The van der Waals surface area contributed by atoms with E-state index in [9.17, 15) is 4.79 Å². The van der Waals surface area contributed by atoms with E-state index in [4.69, 9.17) is 28.4 Å². The Morgan fingerprint density at radius 1 is 0.900 bits per heavy atom. The zero-order valence-corrected chi connectivity index (χ0v) is 18.4. The van der Waals surface area contributed by atoms with Crippen LogP contribution in [0.3, 0.4) is 0 Å². The summed E-state index contributed by atoms with van der Waals surface area (Å²) in [6.45, 7) is 0.559. The van der Waals surface area contributed by atoms with Gasteiger partial charge in [0.1, 0.15) is 0 Å². The molecule has 0 amide bonds. The van der Waals surface area contributed by atoms with Crippen molar-refractivity contribution in [3.05, 3.63) is 41.0 Å². The lowest BCUT2D eigenvalue weighted by molar-refractivity contribution is -0.141. The minimum absolute atomic E-state index is 0.00513. The predicted molar refractivity (Wildman–Crippen MR) is 110 cm³/mol. The zero-order valence-electron chi connectivity index (χ0n) is 16.8. The zero-order chi connectivity index (χ0) is 21.0. The summed E-state index contributed by atoms with van der Waals surface area (Å²) < 4.78 is 33.3. The Labute approximate surface area is 182 Å². The highest BCUT2D eigenvalue weighted by atomic mass is 79.9. The summed E-state index contributed by atoms with van der Waals surface area (Å²) >= 11 is 3.81. The molecule has 2 aromatic rings. The van der Waals surface area contributed by atoms with Crippen LogP contribution in [0.25, 0.3) is 0 Å². The SMILES string of the molecule is COc1cc([C@@H]2c3cc4c(cc3[C@@H](Br)[C@H]3COC(=O)[C@H]23)OCO4)cc(OC)c1OC. The highest BCUT2D eigenvalue weighted by molar-refractivity contribution is 9.09. The van der Waals surface area contributed by atoms with Crippen molar-refractivity contribution in [1.29, 1.82) is 0 Å². The van der Waals surface area contributed by atoms with Gasteiger partial charge in [0.05, 0.1) is 33.9 Å². The molecule has 1 fully saturated rings. The third kappa shape index (κ3) is 2.73. The summed E-state index contributed by atoms with van der Waals surface area (Å²) in [6.07, 6.45) is 0. The van der Waals surface area contributed by atoms with Crippen molar-refractivity contribution in [3.8, 4) is 28.7 Å². The van der Waals surface area contributed by atoms with E-state index in [-0.39, 0.29) is 35.3 Å². The van der Waals surface area contributed by atoms with Crippen LogP contribution in [0.4, 0.5) is 0 Å². The monoisotopic (exact) mass is 476 g/mol. The maximum Gasteiger partial charge on any atom is 0.310 e. The molecule has 0 N–H and O–H groups in total. The van der Waals surface area contributed by atoms with Gasteiger partial charge in [0.25, 0.3) is 0 Å². The molecule has 0 saturated carbocycles. The lowest BCUT2D eigenvalue weighted by atomic mass is 9.67. The van der Waals surface area contributed by atoms with Crippen LogP contribution in [0.15, 0.2) is 24.3 Å². The van der Waals surface area contributed by atoms with Crippen molar-refractivity contribution < 1.29 is 33.2 Å². The second-order valence-corrected chi connectivity index (χ2v) is 8.48. The summed E-state index contributed by atoms with van der Waals surface area (Å²) in [5.41, 5.74) is 2.95. The predicted octanol–water partition coefficient (Wildman–Crippen LogP) is 3.81. The van der Waals surface area contributed by atoms with Gasteiger partial charge in [0.2, 0.25) is 12.5 Å². The van der Waals surface area contributed by atoms with Crippen molar-refractivity contribution in [2.45, 2.75) is 10.7 Å². The number of ether oxygens (including phenoxy) is 6. The molecule has 0 radical (unpaired) electrons. The standard InChI is InChI=1S/C22H21BrO7/c1-25-16-4-10(5-17(26-2)21(16)27-3)18-11-6-14-15(30-9-29-14)7-12(11)20(23)13-8-28-22(24)19(13)18/h4-7,13,18-20H,8-9H2,1-3H3/t13-,18+,19-,20+/m0/s1. The van der Waals surface area contributed by atoms with E-state index in [0.717, 1.165) is 16.7 Å². The molecule has 0 unspecified atom stereocenters. The maximum atomic E-state index is 12.8. The molecule has 0 spiro atoms. The summed E-state index contributed by atoms with van der Waals surface area (Å²) in [5, 5.41) is 0. The van der Waals surface area contributed by atoms with Gasteiger partial charge < -0.3 is 28.4 Å². The number of alkyl halides is 1. The molecule has 0 bridgehead atoms. The first-order valence-electron chi connectivity index (χ1n) is 9.61. The molecule has 1 aliphatic carbocycles. The molecule has 8 heteroatoms. The van der Waals surface area contributed by atoms with Gasteiger partial charge in [0, 0.05) is 16.7 Å². The number of rotatable bonds is 4. The van der Waals surface area contributed by atoms with Gasteiger partial charge in [-0.25, -0.2) is 0 Å². The lowest BCUT2D eigenvalue weighted by Crippen LogP contribution is -2.32. The lowest BCUT2D eigenvalue weighted by Gasteiger charge is -2.37. The van der Waals surface area contributed by atoms with E-state index in [0.29, 0.717) is 35.4 Å². The summed E-state index contributed by atoms with van der Waals surface area (Å²) in [4.78, 5) is 12.8. The maximum absolute atomic E-state index is 12.8. The first kappa shape index (κ1) is 19.4. The molecule has 1 saturated heterocycles. The Bertz CT molecular complexity index is 996. The number of methoxy groups -OCH3 is 3. The Morgan fingerprint density at radius 3 is 2.13 bits per heavy atom. The van der Waals surface area contributed by atoms with Crippen LogP contribution < -0.4 is 23.7 Å². The summed E-state index contributed by atoms with van der Waals surface area (Å²) in [5.74, 6) is 2.18. The van der Waals surface area contributed by atoms with Crippen LogP contribution in [-0.4, -0.2) is 40.7 Å². The molecular weight excluding hydrogens is 456 g/mol. The minimum Gasteiger partial charge on any atom is -0.493 e. The molecule has 3 aliphatic rings. The number of hydrogen-bond donors (Lipinski definition) is 0. The second kappa shape index (κ2) is 7.27. The fraction of sp³-hybridized carbons (Fsp3) is 0.409. The van der Waals surface area contributed by atoms with E-state index in [2.05, 4.69) is 15.9 Å². The second-order valence-electron chi connectivity index (χ2n) is 7.49. The quantitative estimate of drug-likeness (QED) is 0.490. The molecule has 2 heterocycles.